The highest BCUT2D eigenvalue weighted by molar-refractivity contribution is 5.75. The third-order valence-electron chi connectivity index (χ3n) is 2.99. The second-order valence-corrected chi connectivity index (χ2v) is 4.63. The highest BCUT2D eigenvalue weighted by atomic mass is 16.1. The Hall–Kier alpha value is -2.17. The van der Waals surface area contributed by atoms with Crippen molar-refractivity contribution < 1.29 is 4.79 Å². The molecule has 2 aromatic rings. The van der Waals surface area contributed by atoms with Crippen LogP contribution in [0.4, 0.5) is 0 Å². The zero-order chi connectivity index (χ0) is 14.2. The van der Waals surface area contributed by atoms with Crippen molar-refractivity contribution in [2.75, 3.05) is 6.54 Å². The number of pyridine rings is 1. The molecule has 106 valence electrons. The van der Waals surface area contributed by atoms with Crippen molar-refractivity contribution in [3.8, 4) is 11.4 Å². The molecule has 1 amide bonds. The van der Waals surface area contributed by atoms with Crippen LogP contribution < -0.4 is 5.32 Å². The van der Waals surface area contributed by atoms with Gasteiger partial charge < -0.3 is 5.32 Å². The van der Waals surface area contributed by atoms with Crippen LogP contribution in [0.25, 0.3) is 11.4 Å². The van der Waals surface area contributed by atoms with E-state index < -0.39 is 0 Å². The molecule has 0 unspecified atom stereocenters. The topological polar surface area (TPSA) is 59.8 Å². The van der Waals surface area contributed by atoms with E-state index in [0.29, 0.717) is 19.5 Å². The van der Waals surface area contributed by atoms with Gasteiger partial charge in [0.15, 0.2) is 0 Å². The lowest BCUT2D eigenvalue weighted by Gasteiger charge is -2.04. The number of aromatic nitrogens is 3. The first-order valence-corrected chi connectivity index (χ1v) is 7.01. The molecule has 0 atom stereocenters. The summed E-state index contributed by atoms with van der Waals surface area (Å²) in [6.45, 7) is 3.35. The number of hydrogen-bond donors (Lipinski definition) is 1. The minimum absolute atomic E-state index is 0.115. The van der Waals surface area contributed by atoms with Crippen LogP contribution in [0.15, 0.2) is 36.7 Å². The van der Waals surface area contributed by atoms with Crippen molar-refractivity contribution in [1.82, 2.24) is 20.1 Å². The van der Waals surface area contributed by atoms with E-state index in [-0.39, 0.29) is 5.91 Å². The number of nitrogens with zero attached hydrogens (tertiary/aromatic N) is 3. The van der Waals surface area contributed by atoms with Gasteiger partial charge in [0.1, 0.15) is 5.69 Å². The minimum Gasteiger partial charge on any atom is -0.354 e. The normalized spacial score (nSPS) is 10.4. The van der Waals surface area contributed by atoms with Crippen molar-refractivity contribution in [3.05, 3.63) is 36.7 Å². The third-order valence-corrected chi connectivity index (χ3v) is 2.99. The van der Waals surface area contributed by atoms with E-state index in [4.69, 9.17) is 0 Å². The van der Waals surface area contributed by atoms with Crippen LogP contribution in [0.3, 0.4) is 0 Å². The van der Waals surface area contributed by atoms with Gasteiger partial charge in [-0.1, -0.05) is 19.4 Å². The molecule has 0 saturated carbocycles. The molecule has 5 nitrogen and oxygen atoms in total. The Labute approximate surface area is 119 Å². The van der Waals surface area contributed by atoms with E-state index in [0.717, 1.165) is 24.2 Å². The summed E-state index contributed by atoms with van der Waals surface area (Å²) in [5.74, 6) is 0.115. The van der Waals surface area contributed by atoms with Gasteiger partial charge >= 0.3 is 0 Å². The number of carbonyl (C=O) groups excluding carboxylic acids is 1. The van der Waals surface area contributed by atoms with Gasteiger partial charge in [-0.15, -0.1) is 0 Å². The average molecular weight is 272 g/mol. The first kappa shape index (κ1) is 14.2. The van der Waals surface area contributed by atoms with Gasteiger partial charge in [0.2, 0.25) is 5.91 Å². The summed E-state index contributed by atoms with van der Waals surface area (Å²) < 4.78 is 1.82. The molecule has 0 aliphatic heterocycles. The average Bonchev–Trinajstić information content (AvgIpc) is 2.95. The van der Waals surface area contributed by atoms with Crippen LogP contribution in [0, 0.1) is 0 Å². The Morgan fingerprint density at radius 3 is 2.95 bits per heavy atom. The largest absolute Gasteiger partial charge is 0.354 e. The molecule has 0 spiro atoms. The van der Waals surface area contributed by atoms with Gasteiger partial charge in [0.25, 0.3) is 0 Å². The predicted octanol–water partition coefficient (Wildman–Crippen LogP) is 2.25. The molecule has 0 saturated heterocycles. The first-order valence-electron chi connectivity index (χ1n) is 7.01. The van der Waals surface area contributed by atoms with Gasteiger partial charge in [0, 0.05) is 25.4 Å². The Bertz CT molecular complexity index is 536. The van der Waals surface area contributed by atoms with Crippen LogP contribution >= 0.6 is 0 Å². The predicted molar refractivity (Wildman–Crippen MR) is 78.0 cm³/mol. The van der Waals surface area contributed by atoms with E-state index in [1.807, 2.05) is 35.1 Å². The maximum atomic E-state index is 11.5. The summed E-state index contributed by atoms with van der Waals surface area (Å²) in [4.78, 5) is 15.7. The van der Waals surface area contributed by atoms with Crippen molar-refractivity contribution in [2.45, 2.75) is 32.7 Å². The molecule has 2 aromatic heterocycles. The Morgan fingerprint density at radius 2 is 2.20 bits per heavy atom. The summed E-state index contributed by atoms with van der Waals surface area (Å²) in [7, 11) is 0. The van der Waals surface area contributed by atoms with Gasteiger partial charge in [-0.2, -0.15) is 5.10 Å². The van der Waals surface area contributed by atoms with Crippen molar-refractivity contribution in [1.29, 1.82) is 0 Å². The Morgan fingerprint density at radius 1 is 1.30 bits per heavy atom. The number of amides is 1. The highest BCUT2D eigenvalue weighted by Gasteiger charge is 2.03. The molecule has 0 aliphatic carbocycles. The van der Waals surface area contributed by atoms with E-state index in [9.17, 15) is 4.79 Å². The highest BCUT2D eigenvalue weighted by Crippen LogP contribution is 2.12. The second-order valence-electron chi connectivity index (χ2n) is 4.63. The first-order chi connectivity index (χ1) is 9.79. The molecule has 0 fully saturated rings. The summed E-state index contributed by atoms with van der Waals surface area (Å²) >= 11 is 0. The van der Waals surface area contributed by atoms with E-state index in [2.05, 4.69) is 22.3 Å². The lowest BCUT2D eigenvalue weighted by Crippen LogP contribution is -2.27. The van der Waals surface area contributed by atoms with Crippen LogP contribution in [-0.4, -0.2) is 27.2 Å². The van der Waals surface area contributed by atoms with Crippen molar-refractivity contribution >= 4 is 5.91 Å². The maximum absolute atomic E-state index is 11.5. The number of nitrogens with one attached hydrogen (secondary N) is 1. The molecule has 5 heteroatoms. The molecule has 2 heterocycles. The number of rotatable bonds is 7. The number of unbranched alkanes of at least 4 members (excludes halogenated alkanes) is 1. The second kappa shape index (κ2) is 7.43. The fourth-order valence-corrected chi connectivity index (χ4v) is 1.87. The van der Waals surface area contributed by atoms with Gasteiger partial charge in [-0.3, -0.25) is 14.5 Å². The zero-order valence-electron chi connectivity index (χ0n) is 11.7. The van der Waals surface area contributed by atoms with Crippen molar-refractivity contribution in [2.24, 2.45) is 0 Å². The molecular formula is C15H20N4O. The van der Waals surface area contributed by atoms with Crippen LogP contribution in [0.1, 0.15) is 26.2 Å². The van der Waals surface area contributed by atoms with E-state index in [1.54, 1.807) is 6.20 Å². The fourth-order valence-electron chi connectivity index (χ4n) is 1.87. The maximum Gasteiger partial charge on any atom is 0.220 e. The molecule has 1 N–H and O–H groups in total. The summed E-state index contributed by atoms with van der Waals surface area (Å²) in [5, 5.41) is 7.34. The van der Waals surface area contributed by atoms with Crippen LogP contribution in [0.2, 0.25) is 0 Å². The van der Waals surface area contributed by atoms with Gasteiger partial charge in [0.05, 0.1) is 12.2 Å². The van der Waals surface area contributed by atoms with Crippen molar-refractivity contribution in [3.63, 3.8) is 0 Å². The Balaban J connectivity index is 1.80. The van der Waals surface area contributed by atoms with Crippen LogP contribution in [0.5, 0.6) is 0 Å². The molecule has 2 rings (SSSR count). The molecule has 0 radical (unpaired) electrons. The minimum atomic E-state index is 0.115. The smallest absolute Gasteiger partial charge is 0.220 e. The van der Waals surface area contributed by atoms with E-state index in [1.165, 1.54) is 0 Å². The van der Waals surface area contributed by atoms with Gasteiger partial charge in [-0.25, -0.2) is 0 Å². The zero-order valence-corrected chi connectivity index (χ0v) is 11.7. The molecule has 0 aromatic carbocycles. The SMILES string of the molecule is CCCCC(=O)NCCn1ccc(-c2ccccn2)n1. The lowest BCUT2D eigenvalue weighted by atomic mass is 10.2. The standard InChI is InChI=1S/C15H20N4O/c1-2-3-7-15(20)17-10-12-19-11-8-14(18-19)13-6-4-5-9-16-13/h4-6,8-9,11H,2-3,7,10,12H2,1H3,(H,17,20). The quantitative estimate of drug-likeness (QED) is 0.841. The van der Waals surface area contributed by atoms with Gasteiger partial charge in [-0.05, 0) is 24.6 Å². The third kappa shape index (κ3) is 4.19. The van der Waals surface area contributed by atoms with Crippen LogP contribution in [-0.2, 0) is 11.3 Å². The summed E-state index contributed by atoms with van der Waals surface area (Å²) in [5.41, 5.74) is 1.71. The molecule has 0 aliphatic rings. The van der Waals surface area contributed by atoms with E-state index >= 15 is 0 Å². The lowest BCUT2D eigenvalue weighted by molar-refractivity contribution is -0.121. The number of hydrogen-bond acceptors (Lipinski definition) is 3. The molecule has 0 bridgehead atoms. The molecular weight excluding hydrogens is 252 g/mol. The summed E-state index contributed by atoms with van der Waals surface area (Å²) in [6, 6.07) is 7.68. The monoisotopic (exact) mass is 272 g/mol. The Kier molecular flexibility index (Phi) is 5.29. The fraction of sp³-hybridized carbons (Fsp3) is 0.400. The summed E-state index contributed by atoms with van der Waals surface area (Å²) in [6.07, 6.45) is 6.25. The molecule has 20 heavy (non-hydrogen) atoms. The number of carbonyl (C=O) groups is 1.